The van der Waals surface area contributed by atoms with E-state index in [0.717, 1.165) is 49.6 Å². The highest BCUT2D eigenvalue weighted by Crippen LogP contribution is 2.24. The van der Waals surface area contributed by atoms with Gasteiger partial charge in [-0.2, -0.15) is 5.10 Å². The van der Waals surface area contributed by atoms with E-state index in [1.165, 1.54) is 5.56 Å². The van der Waals surface area contributed by atoms with E-state index in [9.17, 15) is 5.11 Å². The van der Waals surface area contributed by atoms with Crippen molar-refractivity contribution in [2.24, 2.45) is 0 Å². The highest BCUT2D eigenvalue weighted by Gasteiger charge is 2.22. The lowest BCUT2D eigenvalue weighted by atomic mass is 10.0. The molecule has 28 heavy (non-hydrogen) atoms. The van der Waals surface area contributed by atoms with Crippen LogP contribution >= 0.6 is 0 Å². The SMILES string of the molecule is Cc1cc(C)n(-c2cccc(CN3CCC(n4cc(C(C)O)nn4)CC3)c2)n1. The third-order valence-electron chi connectivity index (χ3n) is 5.46. The maximum Gasteiger partial charge on any atom is 0.111 e. The van der Waals surface area contributed by atoms with Gasteiger partial charge in [0, 0.05) is 25.3 Å². The van der Waals surface area contributed by atoms with Crippen LogP contribution in [0.4, 0.5) is 0 Å². The van der Waals surface area contributed by atoms with Crippen molar-refractivity contribution in [1.29, 1.82) is 0 Å². The zero-order valence-electron chi connectivity index (χ0n) is 16.8. The molecular weight excluding hydrogens is 352 g/mol. The van der Waals surface area contributed by atoms with E-state index in [4.69, 9.17) is 0 Å². The Morgan fingerprint density at radius 1 is 1.18 bits per heavy atom. The molecule has 0 radical (unpaired) electrons. The molecule has 3 aromatic rings. The molecule has 7 heteroatoms. The number of aliphatic hydroxyl groups is 1. The highest BCUT2D eigenvalue weighted by molar-refractivity contribution is 5.37. The second kappa shape index (κ2) is 7.85. The number of likely N-dealkylation sites (tertiary alicyclic amines) is 1. The molecule has 1 aliphatic rings. The molecule has 3 heterocycles. The molecule has 0 amide bonds. The molecule has 0 spiro atoms. The van der Waals surface area contributed by atoms with Gasteiger partial charge >= 0.3 is 0 Å². The summed E-state index contributed by atoms with van der Waals surface area (Å²) in [4.78, 5) is 2.49. The van der Waals surface area contributed by atoms with Gasteiger partial charge in [0.1, 0.15) is 5.69 Å². The summed E-state index contributed by atoms with van der Waals surface area (Å²) < 4.78 is 3.93. The normalized spacial score (nSPS) is 17.1. The number of aryl methyl sites for hydroxylation is 2. The van der Waals surface area contributed by atoms with Gasteiger partial charge in [0.05, 0.1) is 29.7 Å². The van der Waals surface area contributed by atoms with Crippen LogP contribution in [-0.2, 0) is 6.54 Å². The molecule has 0 bridgehead atoms. The molecule has 1 unspecified atom stereocenters. The van der Waals surface area contributed by atoms with Crippen LogP contribution < -0.4 is 0 Å². The van der Waals surface area contributed by atoms with Crippen molar-refractivity contribution in [3.8, 4) is 5.69 Å². The summed E-state index contributed by atoms with van der Waals surface area (Å²) in [7, 11) is 0. The Hall–Kier alpha value is -2.51. The molecule has 7 nitrogen and oxygen atoms in total. The van der Waals surface area contributed by atoms with E-state index in [-0.39, 0.29) is 0 Å². The van der Waals surface area contributed by atoms with E-state index < -0.39 is 6.10 Å². The van der Waals surface area contributed by atoms with Crippen molar-refractivity contribution >= 4 is 0 Å². The Balaban J connectivity index is 1.38. The monoisotopic (exact) mass is 380 g/mol. The van der Waals surface area contributed by atoms with Gasteiger partial charge in [-0.3, -0.25) is 4.90 Å². The Morgan fingerprint density at radius 2 is 1.96 bits per heavy atom. The minimum Gasteiger partial charge on any atom is -0.387 e. The van der Waals surface area contributed by atoms with Gasteiger partial charge in [-0.15, -0.1) is 5.10 Å². The Labute approximate surface area is 165 Å². The smallest absolute Gasteiger partial charge is 0.111 e. The molecule has 148 valence electrons. The number of hydrogen-bond acceptors (Lipinski definition) is 5. The van der Waals surface area contributed by atoms with Crippen LogP contribution in [-0.4, -0.2) is 47.9 Å². The van der Waals surface area contributed by atoms with Crippen LogP contribution in [0.1, 0.15) is 54.6 Å². The van der Waals surface area contributed by atoms with E-state index in [1.54, 1.807) is 6.92 Å². The van der Waals surface area contributed by atoms with Gasteiger partial charge in [0.25, 0.3) is 0 Å². The van der Waals surface area contributed by atoms with Gasteiger partial charge in [0.15, 0.2) is 0 Å². The zero-order chi connectivity index (χ0) is 19.7. The number of aliphatic hydroxyl groups excluding tert-OH is 1. The van der Waals surface area contributed by atoms with Crippen LogP contribution in [0.2, 0.25) is 0 Å². The van der Waals surface area contributed by atoms with Crippen molar-refractivity contribution < 1.29 is 5.11 Å². The summed E-state index contributed by atoms with van der Waals surface area (Å²) >= 11 is 0. The average Bonchev–Trinajstić information content (AvgIpc) is 3.29. The fourth-order valence-electron chi connectivity index (χ4n) is 3.94. The second-order valence-electron chi connectivity index (χ2n) is 7.82. The minimum absolute atomic E-state index is 0.359. The lowest BCUT2D eigenvalue weighted by molar-refractivity contribution is 0.172. The van der Waals surface area contributed by atoms with E-state index in [0.29, 0.717) is 11.7 Å². The van der Waals surface area contributed by atoms with Gasteiger partial charge < -0.3 is 5.11 Å². The zero-order valence-corrected chi connectivity index (χ0v) is 16.8. The first-order valence-electron chi connectivity index (χ1n) is 9.94. The average molecular weight is 380 g/mol. The Bertz CT molecular complexity index is 936. The fraction of sp³-hybridized carbons (Fsp3) is 0.476. The second-order valence-corrected chi connectivity index (χ2v) is 7.82. The van der Waals surface area contributed by atoms with E-state index >= 15 is 0 Å². The Kier molecular flexibility index (Phi) is 5.28. The van der Waals surface area contributed by atoms with Crippen LogP contribution in [0.5, 0.6) is 0 Å². The van der Waals surface area contributed by atoms with Gasteiger partial charge in [-0.25, -0.2) is 9.36 Å². The number of rotatable bonds is 5. The topological polar surface area (TPSA) is 72.0 Å². The summed E-state index contributed by atoms with van der Waals surface area (Å²) in [6, 6.07) is 11.1. The molecule has 1 atom stereocenters. The minimum atomic E-state index is -0.566. The summed E-state index contributed by atoms with van der Waals surface area (Å²) in [5, 5.41) is 22.5. The molecule has 1 aliphatic heterocycles. The van der Waals surface area contributed by atoms with Crippen LogP contribution in [0, 0.1) is 13.8 Å². The van der Waals surface area contributed by atoms with E-state index in [2.05, 4.69) is 57.6 Å². The number of aromatic nitrogens is 5. The van der Waals surface area contributed by atoms with Crippen molar-refractivity contribution in [2.45, 2.75) is 52.3 Å². The van der Waals surface area contributed by atoms with Crippen LogP contribution in [0.3, 0.4) is 0 Å². The first kappa shape index (κ1) is 18.8. The summed E-state index contributed by atoms with van der Waals surface area (Å²) in [6.07, 6.45) is 3.39. The molecule has 0 aliphatic carbocycles. The number of piperidine rings is 1. The van der Waals surface area contributed by atoms with Crippen molar-refractivity contribution in [3.05, 3.63) is 59.2 Å². The third-order valence-corrected chi connectivity index (χ3v) is 5.46. The molecule has 1 N–H and O–H groups in total. The predicted molar refractivity (Wildman–Crippen MR) is 107 cm³/mol. The number of nitrogens with zero attached hydrogens (tertiary/aromatic N) is 6. The lowest BCUT2D eigenvalue weighted by Gasteiger charge is -2.31. The van der Waals surface area contributed by atoms with Gasteiger partial charge in [-0.05, 0) is 57.4 Å². The van der Waals surface area contributed by atoms with Crippen LogP contribution in [0.15, 0.2) is 36.5 Å². The maximum atomic E-state index is 9.63. The van der Waals surface area contributed by atoms with Gasteiger partial charge in [-0.1, -0.05) is 17.3 Å². The first-order chi connectivity index (χ1) is 13.5. The summed E-state index contributed by atoms with van der Waals surface area (Å²) in [5.74, 6) is 0. The Morgan fingerprint density at radius 3 is 2.61 bits per heavy atom. The van der Waals surface area contributed by atoms with Crippen LogP contribution in [0.25, 0.3) is 5.69 Å². The molecule has 1 aromatic carbocycles. The van der Waals surface area contributed by atoms with Crippen molar-refractivity contribution in [1.82, 2.24) is 29.7 Å². The molecule has 4 rings (SSSR count). The highest BCUT2D eigenvalue weighted by atomic mass is 16.3. The quantitative estimate of drug-likeness (QED) is 0.737. The van der Waals surface area contributed by atoms with E-state index in [1.807, 2.05) is 22.5 Å². The molecular formula is C21H28N6O. The summed E-state index contributed by atoms with van der Waals surface area (Å²) in [5.41, 5.74) is 5.26. The maximum absolute atomic E-state index is 9.63. The molecule has 1 saturated heterocycles. The molecule has 1 fully saturated rings. The fourth-order valence-corrected chi connectivity index (χ4v) is 3.94. The first-order valence-corrected chi connectivity index (χ1v) is 9.94. The number of hydrogen-bond donors (Lipinski definition) is 1. The molecule has 2 aromatic heterocycles. The molecule has 0 saturated carbocycles. The lowest BCUT2D eigenvalue weighted by Crippen LogP contribution is -2.34. The predicted octanol–water partition coefficient (Wildman–Crippen LogP) is 2.97. The largest absolute Gasteiger partial charge is 0.387 e. The van der Waals surface area contributed by atoms with Gasteiger partial charge in [0.2, 0.25) is 0 Å². The summed E-state index contributed by atoms with van der Waals surface area (Å²) in [6.45, 7) is 8.83. The van der Waals surface area contributed by atoms with Crippen molar-refractivity contribution in [2.75, 3.05) is 13.1 Å². The third kappa shape index (κ3) is 4.00. The number of benzene rings is 1. The standard InChI is InChI=1S/C21H28N6O/c1-15-11-16(2)27(23-15)20-6-4-5-18(12-20)13-25-9-7-19(8-10-25)26-14-21(17(3)28)22-24-26/h4-6,11-12,14,17,19,28H,7-10,13H2,1-3H3. The van der Waals surface area contributed by atoms with Crippen molar-refractivity contribution in [3.63, 3.8) is 0 Å².